The Morgan fingerprint density at radius 2 is 2.00 bits per heavy atom. The molecule has 2 rings (SSSR count). The number of nitrogens with one attached hydrogen (secondary N) is 2. The van der Waals surface area contributed by atoms with Crippen molar-refractivity contribution in [2.75, 3.05) is 37.0 Å². The smallest absolute Gasteiger partial charge is 0.227 e. The lowest BCUT2D eigenvalue weighted by atomic mass is 9.96. The first-order valence-electron chi connectivity index (χ1n) is 8.08. The number of hydrogen-bond acceptors (Lipinski definition) is 3. The normalized spacial score (nSPS) is 15.3. The molecule has 0 spiro atoms. The minimum Gasteiger partial charge on any atom is -0.363 e. The number of amides is 1. The molecule has 1 amide bonds. The van der Waals surface area contributed by atoms with Gasteiger partial charge in [-0.1, -0.05) is 18.2 Å². The lowest BCUT2D eigenvalue weighted by molar-refractivity contribution is -0.120. The maximum Gasteiger partial charge on any atom is 0.227 e. The molecule has 0 radical (unpaired) electrons. The van der Waals surface area contributed by atoms with Gasteiger partial charge in [0.15, 0.2) is 5.11 Å². The van der Waals surface area contributed by atoms with Crippen LogP contribution in [0.4, 0.5) is 5.69 Å². The number of nitrogens with zero attached hydrogens (tertiary/aromatic N) is 1. The van der Waals surface area contributed by atoms with Crippen LogP contribution in [0.15, 0.2) is 30.3 Å². The molecule has 23 heavy (non-hydrogen) atoms. The summed E-state index contributed by atoms with van der Waals surface area (Å²) in [7, 11) is 0. The fraction of sp³-hybridized carbons (Fsp3) is 0.529. The second-order valence-electron chi connectivity index (χ2n) is 5.69. The molecule has 0 unspecified atom stereocenters. The fourth-order valence-electron chi connectivity index (χ4n) is 2.63. The Labute approximate surface area is 148 Å². The van der Waals surface area contributed by atoms with Crippen molar-refractivity contribution in [1.82, 2.24) is 10.2 Å². The van der Waals surface area contributed by atoms with E-state index in [0.29, 0.717) is 0 Å². The molecule has 6 heteroatoms. The number of anilines is 1. The summed E-state index contributed by atoms with van der Waals surface area (Å²) in [5.74, 6) is 1.35. The molecule has 1 aliphatic heterocycles. The molecule has 1 heterocycles. The summed E-state index contributed by atoms with van der Waals surface area (Å²) >= 11 is 7.29. The van der Waals surface area contributed by atoms with E-state index in [2.05, 4.69) is 21.8 Å². The number of piperidine rings is 1. The highest BCUT2D eigenvalue weighted by Crippen LogP contribution is 2.19. The van der Waals surface area contributed by atoms with Gasteiger partial charge in [0.05, 0.1) is 0 Å². The van der Waals surface area contributed by atoms with Gasteiger partial charge >= 0.3 is 0 Å². The number of likely N-dealkylation sites (tertiary alicyclic amines) is 1. The molecule has 0 aliphatic carbocycles. The van der Waals surface area contributed by atoms with Crippen molar-refractivity contribution in [2.24, 2.45) is 5.92 Å². The third-order valence-electron chi connectivity index (χ3n) is 4.00. The summed E-state index contributed by atoms with van der Waals surface area (Å²) < 4.78 is 0. The maximum absolute atomic E-state index is 12.3. The highest BCUT2D eigenvalue weighted by atomic mass is 32.2. The third-order valence-corrected chi connectivity index (χ3v) is 5.10. The average Bonchev–Trinajstić information content (AvgIpc) is 2.59. The van der Waals surface area contributed by atoms with Crippen LogP contribution in [0.1, 0.15) is 19.3 Å². The van der Waals surface area contributed by atoms with Crippen LogP contribution in [0.2, 0.25) is 0 Å². The second-order valence-corrected chi connectivity index (χ2v) is 7.07. The number of benzene rings is 1. The number of hydrogen-bond donors (Lipinski definition) is 2. The Hall–Kier alpha value is -1.27. The molecule has 4 nitrogen and oxygen atoms in total. The lowest BCUT2D eigenvalue weighted by Crippen LogP contribution is -2.46. The molecule has 126 valence electrons. The molecule has 0 atom stereocenters. The minimum atomic E-state index is 0.0748. The fourth-order valence-corrected chi connectivity index (χ4v) is 3.35. The van der Waals surface area contributed by atoms with Crippen molar-refractivity contribution in [2.45, 2.75) is 19.3 Å². The summed E-state index contributed by atoms with van der Waals surface area (Å²) in [5, 5.41) is 7.14. The molecule has 1 aromatic carbocycles. The van der Waals surface area contributed by atoms with E-state index in [9.17, 15) is 4.79 Å². The first-order chi connectivity index (χ1) is 11.2. The van der Waals surface area contributed by atoms with E-state index < -0.39 is 0 Å². The van der Waals surface area contributed by atoms with Gasteiger partial charge in [0, 0.05) is 31.2 Å². The summed E-state index contributed by atoms with van der Waals surface area (Å²) in [5.41, 5.74) is 0.867. The van der Waals surface area contributed by atoms with Gasteiger partial charge in [-0.15, -0.1) is 0 Å². The van der Waals surface area contributed by atoms with E-state index in [1.165, 1.54) is 0 Å². The topological polar surface area (TPSA) is 44.4 Å². The van der Waals surface area contributed by atoms with Crippen LogP contribution < -0.4 is 10.6 Å². The Balaban J connectivity index is 1.70. The van der Waals surface area contributed by atoms with Gasteiger partial charge in [-0.25, -0.2) is 0 Å². The monoisotopic (exact) mass is 351 g/mol. The van der Waals surface area contributed by atoms with Crippen LogP contribution >= 0.6 is 24.0 Å². The number of carbonyl (C=O) groups is 1. The van der Waals surface area contributed by atoms with Crippen LogP contribution in [0.25, 0.3) is 0 Å². The van der Waals surface area contributed by atoms with Crippen LogP contribution in [-0.2, 0) is 4.79 Å². The van der Waals surface area contributed by atoms with Gasteiger partial charge in [-0.3, -0.25) is 4.79 Å². The van der Waals surface area contributed by atoms with E-state index in [0.717, 1.165) is 55.4 Å². The predicted octanol–water partition coefficient (Wildman–Crippen LogP) is 2.96. The zero-order chi connectivity index (χ0) is 16.5. The van der Waals surface area contributed by atoms with Crippen molar-refractivity contribution in [3.8, 4) is 0 Å². The van der Waals surface area contributed by atoms with E-state index in [-0.39, 0.29) is 11.8 Å². The quantitative estimate of drug-likeness (QED) is 0.609. The molecule has 0 bridgehead atoms. The third kappa shape index (κ3) is 6.03. The van der Waals surface area contributed by atoms with E-state index in [1.54, 1.807) is 0 Å². The number of thiocarbonyl (C=S) groups is 1. The average molecular weight is 352 g/mol. The molecule has 2 N–H and O–H groups in total. The van der Waals surface area contributed by atoms with Crippen molar-refractivity contribution < 1.29 is 4.79 Å². The van der Waals surface area contributed by atoms with Crippen LogP contribution in [0.3, 0.4) is 0 Å². The van der Waals surface area contributed by atoms with Crippen molar-refractivity contribution in [1.29, 1.82) is 0 Å². The van der Waals surface area contributed by atoms with Gasteiger partial charge in [0.25, 0.3) is 0 Å². The molecule has 1 fully saturated rings. The van der Waals surface area contributed by atoms with E-state index in [4.69, 9.17) is 12.2 Å². The largest absolute Gasteiger partial charge is 0.363 e. The standard InChI is InChI=1S/C17H25N3OS2/c1-23-13-5-10-18-17(22)20-11-8-14(9-12-20)16(21)19-15-6-3-2-4-7-15/h2-4,6-7,14H,5,8-13H2,1H3,(H,18,22)(H,19,21). The summed E-state index contributed by atoms with van der Waals surface area (Å²) in [6.45, 7) is 2.62. The SMILES string of the molecule is CSCCCNC(=S)N1CCC(C(=O)Nc2ccccc2)CC1. The minimum absolute atomic E-state index is 0.0748. The maximum atomic E-state index is 12.3. The van der Waals surface area contributed by atoms with Gasteiger partial charge in [-0.2, -0.15) is 11.8 Å². The zero-order valence-electron chi connectivity index (χ0n) is 13.6. The zero-order valence-corrected chi connectivity index (χ0v) is 15.2. The number of para-hydroxylation sites is 1. The predicted molar refractivity (Wildman–Crippen MR) is 103 cm³/mol. The number of thioether (sulfide) groups is 1. The van der Waals surface area contributed by atoms with Crippen LogP contribution in [0, 0.1) is 5.92 Å². The van der Waals surface area contributed by atoms with Gasteiger partial charge in [0.2, 0.25) is 5.91 Å². The van der Waals surface area contributed by atoms with Gasteiger partial charge < -0.3 is 15.5 Å². The highest BCUT2D eigenvalue weighted by molar-refractivity contribution is 7.98. The first kappa shape index (κ1) is 18.1. The van der Waals surface area contributed by atoms with Crippen molar-refractivity contribution in [3.63, 3.8) is 0 Å². The molecular weight excluding hydrogens is 326 g/mol. The highest BCUT2D eigenvalue weighted by Gasteiger charge is 2.25. The van der Waals surface area contributed by atoms with Crippen molar-refractivity contribution >= 4 is 40.7 Å². The molecule has 1 aliphatic rings. The van der Waals surface area contributed by atoms with Gasteiger partial charge in [0.1, 0.15) is 0 Å². The second kappa shape index (κ2) is 9.78. The number of carbonyl (C=O) groups excluding carboxylic acids is 1. The molecular formula is C17H25N3OS2. The van der Waals surface area contributed by atoms with Crippen molar-refractivity contribution in [3.05, 3.63) is 30.3 Å². The number of rotatable bonds is 6. The van der Waals surface area contributed by atoms with Crippen LogP contribution in [-0.4, -0.2) is 47.6 Å². The Bertz CT molecular complexity index is 502. The summed E-state index contributed by atoms with van der Waals surface area (Å²) in [6, 6.07) is 9.64. The summed E-state index contributed by atoms with van der Waals surface area (Å²) in [6.07, 6.45) is 4.94. The molecule has 0 aromatic heterocycles. The Morgan fingerprint density at radius 1 is 1.30 bits per heavy atom. The van der Waals surface area contributed by atoms with Gasteiger partial charge in [-0.05, 0) is 55.6 Å². The first-order valence-corrected chi connectivity index (χ1v) is 9.88. The Kier molecular flexibility index (Phi) is 7.68. The van der Waals surface area contributed by atoms with Crippen LogP contribution in [0.5, 0.6) is 0 Å². The lowest BCUT2D eigenvalue weighted by Gasteiger charge is -2.33. The summed E-state index contributed by atoms with van der Waals surface area (Å²) in [4.78, 5) is 14.5. The molecule has 1 saturated heterocycles. The molecule has 0 saturated carbocycles. The molecule has 1 aromatic rings. The Morgan fingerprint density at radius 3 is 2.65 bits per heavy atom. The van der Waals surface area contributed by atoms with E-state index >= 15 is 0 Å². The van der Waals surface area contributed by atoms with E-state index in [1.807, 2.05) is 42.1 Å².